The van der Waals surface area contributed by atoms with E-state index in [0.29, 0.717) is 29.4 Å². The van der Waals surface area contributed by atoms with Crippen molar-refractivity contribution >= 4 is 34.5 Å². The average molecular weight is 564 g/mol. The summed E-state index contributed by atoms with van der Waals surface area (Å²) in [5, 5.41) is 4.63. The fourth-order valence-corrected chi connectivity index (χ4v) is 4.03. The first kappa shape index (κ1) is 24.6. The van der Waals surface area contributed by atoms with Gasteiger partial charge in [-0.2, -0.15) is 5.10 Å². The molecule has 1 aromatic heterocycles. The van der Waals surface area contributed by atoms with Crippen LogP contribution in [0.1, 0.15) is 40.6 Å². The van der Waals surface area contributed by atoms with Crippen LogP contribution in [0.5, 0.6) is 11.5 Å². The minimum absolute atomic E-state index is 0.00528. The number of unbranched alkanes of at least 4 members (excludes halogenated alkanes) is 1. The van der Waals surface area contributed by atoms with Crippen molar-refractivity contribution in [2.24, 2.45) is 0 Å². The van der Waals surface area contributed by atoms with Gasteiger partial charge in [-0.25, -0.2) is 14.3 Å². The summed E-state index contributed by atoms with van der Waals surface area (Å²) < 4.78 is 23.6. The van der Waals surface area contributed by atoms with Crippen LogP contribution in [0, 0.1) is 3.57 Å². The molecule has 9 heteroatoms. The summed E-state index contributed by atoms with van der Waals surface area (Å²) in [7, 11) is 4.05. The molecule has 0 atom stereocenters. The van der Waals surface area contributed by atoms with Crippen LogP contribution >= 0.6 is 22.6 Å². The van der Waals surface area contributed by atoms with E-state index in [1.165, 1.54) is 18.9 Å². The number of carbonyl (C=O) groups is 2. The van der Waals surface area contributed by atoms with Crippen LogP contribution in [-0.2, 0) is 9.47 Å². The molecule has 0 N–H and O–H groups in total. The number of halogens is 1. The molecule has 0 fully saturated rings. The summed E-state index contributed by atoms with van der Waals surface area (Å²) in [5.41, 5.74) is 1.41. The maximum absolute atomic E-state index is 12.8. The fourth-order valence-electron chi connectivity index (χ4n) is 3.27. The van der Waals surface area contributed by atoms with E-state index in [1.807, 2.05) is 24.3 Å². The fraction of sp³-hybridized carbons (Fsp3) is 0.292. The highest BCUT2D eigenvalue weighted by atomic mass is 127. The highest BCUT2D eigenvalue weighted by Crippen LogP contribution is 2.39. The van der Waals surface area contributed by atoms with Gasteiger partial charge in [-0.3, -0.25) is 0 Å². The van der Waals surface area contributed by atoms with Gasteiger partial charge in [0.05, 0.1) is 37.2 Å². The van der Waals surface area contributed by atoms with Gasteiger partial charge in [-0.1, -0.05) is 31.5 Å². The highest BCUT2D eigenvalue weighted by Gasteiger charge is 2.32. The van der Waals surface area contributed by atoms with Gasteiger partial charge in [0.25, 0.3) is 0 Å². The maximum Gasteiger partial charge on any atom is 0.357 e. The normalized spacial score (nSPS) is 10.6. The number of aromatic nitrogens is 2. The second-order valence-corrected chi connectivity index (χ2v) is 8.16. The van der Waals surface area contributed by atoms with Crippen LogP contribution in [-0.4, -0.2) is 49.7 Å². The van der Waals surface area contributed by atoms with Gasteiger partial charge in [0, 0.05) is 5.56 Å². The number of hydrogen-bond donors (Lipinski definition) is 0. The zero-order valence-electron chi connectivity index (χ0n) is 18.9. The average Bonchev–Trinajstić information content (AvgIpc) is 3.25. The molecule has 0 saturated heterocycles. The third-order valence-corrected chi connectivity index (χ3v) is 5.70. The lowest BCUT2D eigenvalue weighted by Crippen LogP contribution is -2.15. The number of nitrogens with zero attached hydrogens (tertiary/aromatic N) is 2. The van der Waals surface area contributed by atoms with Crippen molar-refractivity contribution < 1.29 is 28.5 Å². The van der Waals surface area contributed by atoms with Crippen molar-refractivity contribution in [3.05, 3.63) is 57.3 Å². The SMILES string of the molecule is CCCCOc1c(I)cc(-c2nn(-c3ccccc3)c(C(=O)OC)c2C(=O)OC)cc1OC. The van der Waals surface area contributed by atoms with Crippen LogP contribution < -0.4 is 9.47 Å². The maximum atomic E-state index is 12.8. The van der Waals surface area contributed by atoms with E-state index in [2.05, 4.69) is 34.6 Å². The number of carbonyl (C=O) groups excluding carboxylic acids is 2. The molecule has 0 spiro atoms. The molecule has 0 radical (unpaired) electrons. The summed E-state index contributed by atoms with van der Waals surface area (Å²) >= 11 is 2.15. The first-order valence-corrected chi connectivity index (χ1v) is 11.4. The third kappa shape index (κ3) is 5.13. The second kappa shape index (κ2) is 11.2. The largest absolute Gasteiger partial charge is 0.493 e. The van der Waals surface area contributed by atoms with Crippen molar-refractivity contribution in [3.63, 3.8) is 0 Å². The molecule has 3 rings (SSSR count). The van der Waals surface area contributed by atoms with E-state index in [1.54, 1.807) is 25.3 Å². The Hall–Kier alpha value is -3.08. The van der Waals surface area contributed by atoms with E-state index in [0.717, 1.165) is 16.4 Å². The van der Waals surface area contributed by atoms with Gasteiger partial charge in [0.15, 0.2) is 17.2 Å². The van der Waals surface area contributed by atoms with Gasteiger partial charge >= 0.3 is 11.9 Å². The molecule has 0 aliphatic heterocycles. The summed E-state index contributed by atoms with van der Waals surface area (Å²) in [6.45, 7) is 2.65. The molecule has 2 aromatic carbocycles. The van der Waals surface area contributed by atoms with Crippen LogP contribution in [0.25, 0.3) is 16.9 Å². The Morgan fingerprint density at radius 3 is 2.33 bits per heavy atom. The molecular formula is C24H25IN2O6. The van der Waals surface area contributed by atoms with Crippen molar-refractivity contribution in [1.82, 2.24) is 9.78 Å². The summed E-state index contributed by atoms with van der Waals surface area (Å²) in [6.07, 6.45) is 1.92. The molecule has 3 aromatic rings. The molecular weight excluding hydrogens is 539 g/mol. The first-order valence-electron chi connectivity index (χ1n) is 10.3. The predicted octanol–water partition coefficient (Wildman–Crippen LogP) is 4.90. The smallest absolute Gasteiger partial charge is 0.357 e. The monoisotopic (exact) mass is 564 g/mol. The quantitative estimate of drug-likeness (QED) is 0.208. The van der Waals surface area contributed by atoms with Gasteiger partial charge in [-0.05, 0) is 53.3 Å². The minimum atomic E-state index is -0.709. The van der Waals surface area contributed by atoms with Crippen LogP contribution in [0.4, 0.5) is 0 Å². The lowest BCUT2D eigenvalue weighted by Gasteiger charge is -2.14. The molecule has 174 valence electrons. The zero-order valence-corrected chi connectivity index (χ0v) is 21.0. The Bertz CT molecular complexity index is 1140. The molecule has 0 saturated carbocycles. The number of para-hydroxylation sites is 1. The topological polar surface area (TPSA) is 88.9 Å². The highest BCUT2D eigenvalue weighted by molar-refractivity contribution is 14.1. The summed E-state index contributed by atoms with van der Waals surface area (Å²) in [6, 6.07) is 12.6. The lowest BCUT2D eigenvalue weighted by atomic mass is 10.0. The van der Waals surface area contributed by atoms with Crippen molar-refractivity contribution in [2.75, 3.05) is 27.9 Å². The molecule has 0 amide bonds. The Labute approximate surface area is 205 Å². The number of rotatable bonds is 9. The Balaban J connectivity index is 2.26. The summed E-state index contributed by atoms with van der Waals surface area (Å²) in [5.74, 6) is -0.299. The van der Waals surface area contributed by atoms with Crippen molar-refractivity contribution in [1.29, 1.82) is 0 Å². The lowest BCUT2D eigenvalue weighted by molar-refractivity contribution is 0.0549. The number of benzene rings is 2. The third-order valence-electron chi connectivity index (χ3n) is 4.90. The molecule has 0 bridgehead atoms. The van der Waals surface area contributed by atoms with Gasteiger partial charge in [-0.15, -0.1) is 0 Å². The molecule has 33 heavy (non-hydrogen) atoms. The first-order chi connectivity index (χ1) is 16.0. The van der Waals surface area contributed by atoms with Crippen molar-refractivity contribution in [2.45, 2.75) is 19.8 Å². The summed E-state index contributed by atoms with van der Waals surface area (Å²) in [4.78, 5) is 25.6. The van der Waals surface area contributed by atoms with E-state index in [4.69, 9.17) is 18.9 Å². The number of ether oxygens (including phenoxy) is 4. The molecule has 0 unspecified atom stereocenters. The molecule has 1 heterocycles. The number of hydrogen-bond acceptors (Lipinski definition) is 7. The van der Waals surface area contributed by atoms with Crippen molar-refractivity contribution in [3.8, 4) is 28.4 Å². The number of methoxy groups -OCH3 is 3. The molecule has 0 aliphatic carbocycles. The standard InChI is InChI=1S/C24H25IN2O6/c1-5-6-12-33-22-17(25)13-15(14-18(22)30-2)20-19(23(28)31-3)21(24(29)32-4)27(26-20)16-10-8-7-9-11-16/h7-11,13-14H,5-6,12H2,1-4H3. The van der Waals surface area contributed by atoms with E-state index in [-0.39, 0.29) is 17.0 Å². The predicted molar refractivity (Wildman–Crippen MR) is 131 cm³/mol. The van der Waals surface area contributed by atoms with Crippen LogP contribution in [0.3, 0.4) is 0 Å². The van der Waals surface area contributed by atoms with Gasteiger partial charge < -0.3 is 18.9 Å². The minimum Gasteiger partial charge on any atom is -0.493 e. The van der Waals surface area contributed by atoms with Crippen LogP contribution in [0.15, 0.2) is 42.5 Å². The molecule has 8 nitrogen and oxygen atoms in total. The number of esters is 2. The van der Waals surface area contributed by atoms with E-state index >= 15 is 0 Å². The Morgan fingerprint density at radius 2 is 1.73 bits per heavy atom. The van der Waals surface area contributed by atoms with E-state index in [9.17, 15) is 9.59 Å². The zero-order chi connectivity index (χ0) is 24.0. The van der Waals surface area contributed by atoms with Crippen LogP contribution in [0.2, 0.25) is 0 Å². The van der Waals surface area contributed by atoms with Gasteiger partial charge in [0.2, 0.25) is 0 Å². The Morgan fingerprint density at radius 1 is 1.03 bits per heavy atom. The molecule has 0 aliphatic rings. The van der Waals surface area contributed by atoms with Gasteiger partial charge in [0.1, 0.15) is 11.3 Å². The Kier molecular flexibility index (Phi) is 8.32. The van der Waals surface area contributed by atoms with E-state index < -0.39 is 11.9 Å². The second-order valence-electron chi connectivity index (χ2n) is 6.99.